The molecule has 1 aliphatic heterocycles. The second-order valence-corrected chi connectivity index (χ2v) is 8.45. The Morgan fingerprint density at radius 1 is 0.970 bits per heavy atom. The van der Waals surface area contributed by atoms with E-state index in [-0.39, 0.29) is 12.0 Å². The zero-order chi connectivity index (χ0) is 22.9. The van der Waals surface area contributed by atoms with Crippen LogP contribution in [0.4, 0.5) is 0 Å². The lowest BCUT2D eigenvalue weighted by Gasteiger charge is -2.18. The van der Waals surface area contributed by atoms with E-state index in [1.165, 1.54) is 6.26 Å². The van der Waals surface area contributed by atoms with Crippen molar-refractivity contribution in [3.63, 3.8) is 0 Å². The zero-order valence-electron chi connectivity index (χ0n) is 17.8. The third kappa shape index (κ3) is 4.14. The molecular formula is C26H20Cl2O5. The molecule has 33 heavy (non-hydrogen) atoms. The van der Waals surface area contributed by atoms with Crippen LogP contribution in [0.3, 0.4) is 0 Å². The maximum absolute atomic E-state index is 13.3. The summed E-state index contributed by atoms with van der Waals surface area (Å²) in [7, 11) is 0. The van der Waals surface area contributed by atoms with Crippen LogP contribution >= 0.6 is 23.2 Å². The molecule has 0 fully saturated rings. The molecule has 2 heterocycles. The van der Waals surface area contributed by atoms with Crippen molar-refractivity contribution in [3.05, 3.63) is 86.2 Å². The summed E-state index contributed by atoms with van der Waals surface area (Å²) in [4.78, 5) is 13.3. The Balaban J connectivity index is 1.51. The maximum atomic E-state index is 13.3. The molecule has 0 atom stereocenters. The lowest BCUT2D eigenvalue weighted by atomic mass is 10.0. The van der Waals surface area contributed by atoms with Crippen LogP contribution in [0, 0.1) is 0 Å². The highest BCUT2D eigenvalue weighted by molar-refractivity contribution is 6.35. The van der Waals surface area contributed by atoms with Gasteiger partial charge in [-0.05, 0) is 47.9 Å². The van der Waals surface area contributed by atoms with Crippen LogP contribution in [0.25, 0.3) is 22.1 Å². The molecule has 0 N–H and O–H groups in total. The third-order valence-electron chi connectivity index (χ3n) is 5.62. The van der Waals surface area contributed by atoms with E-state index in [0.717, 1.165) is 5.56 Å². The first kappa shape index (κ1) is 21.7. The van der Waals surface area contributed by atoms with Gasteiger partial charge in [0.15, 0.2) is 11.5 Å². The Kier molecular flexibility index (Phi) is 5.92. The molecular weight excluding hydrogens is 463 g/mol. The molecule has 0 bridgehead atoms. The van der Waals surface area contributed by atoms with Crippen LogP contribution in [0.5, 0.6) is 17.2 Å². The van der Waals surface area contributed by atoms with Crippen LogP contribution in [0.2, 0.25) is 10.0 Å². The van der Waals surface area contributed by atoms with Crippen molar-refractivity contribution in [3.8, 4) is 28.4 Å². The van der Waals surface area contributed by atoms with E-state index < -0.39 is 0 Å². The first-order valence-electron chi connectivity index (χ1n) is 10.6. The number of aryl methyl sites for hydroxylation is 1. The molecule has 0 unspecified atom stereocenters. The van der Waals surface area contributed by atoms with Crippen LogP contribution in [0.1, 0.15) is 18.1 Å². The quantitative estimate of drug-likeness (QED) is 0.317. The number of hydrogen-bond acceptors (Lipinski definition) is 5. The van der Waals surface area contributed by atoms with Gasteiger partial charge in [-0.2, -0.15) is 0 Å². The SMILES string of the molecule is CCc1cc2c(=O)c(-c3ccc4c(c3)OCCO4)coc2cc1OCc1c(Cl)cccc1Cl. The van der Waals surface area contributed by atoms with E-state index in [1.807, 2.05) is 25.1 Å². The molecule has 7 heteroatoms. The molecule has 3 aromatic carbocycles. The van der Waals surface area contributed by atoms with Crippen molar-refractivity contribution in [2.45, 2.75) is 20.0 Å². The van der Waals surface area contributed by atoms with Gasteiger partial charge in [0.2, 0.25) is 5.43 Å². The average molecular weight is 483 g/mol. The molecule has 4 aromatic rings. The van der Waals surface area contributed by atoms with Gasteiger partial charge in [-0.1, -0.05) is 42.3 Å². The summed E-state index contributed by atoms with van der Waals surface area (Å²) in [6.45, 7) is 3.20. The van der Waals surface area contributed by atoms with E-state index in [0.29, 0.717) is 74.6 Å². The fraction of sp³-hybridized carbons (Fsp3) is 0.192. The highest BCUT2D eigenvalue weighted by Crippen LogP contribution is 2.35. The highest BCUT2D eigenvalue weighted by atomic mass is 35.5. The Morgan fingerprint density at radius 2 is 1.73 bits per heavy atom. The second-order valence-electron chi connectivity index (χ2n) is 7.64. The van der Waals surface area contributed by atoms with Gasteiger partial charge in [-0.25, -0.2) is 0 Å². The van der Waals surface area contributed by atoms with Crippen LogP contribution in [-0.4, -0.2) is 13.2 Å². The van der Waals surface area contributed by atoms with Gasteiger partial charge in [-0.15, -0.1) is 0 Å². The second kappa shape index (κ2) is 9.00. The molecule has 0 radical (unpaired) electrons. The van der Waals surface area contributed by atoms with E-state index >= 15 is 0 Å². The molecule has 5 nitrogen and oxygen atoms in total. The van der Waals surface area contributed by atoms with Crippen molar-refractivity contribution < 1.29 is 18.6 Å². The fourth-order valence-electron chi connectivity index (χ4n) is 3.84. The topological polar surface area (TPSA) is 57.9 Å². The van der Waals surface area contributed by atoms with Crippen molar-refractivity contribution >= 4 is 34.2 Å². The summed E-state index contributed by atoms with van der Waals surface area (Å²) in [6, 6.07) is 14.3. The van der Waals surface area contributed by atoms with Gasteiger partial charge in [0, 0.05) is 21.7 Å². The van der Waals surface area contributed by atoms with E-state index in [2.05, 4.69) is 0 Å². The van der Waals surface area contributed by atoms with Gasteiger partial charge >= 0.3 is 0 Å². The largest absolute Gasteiger partial charge is 0.488 e. The first-order valence-corrected chi connectivity index (χ1v) is 11.3. The lowest BCUT2D eigenvalue weighted by molar-refractivity contribution is 0.171. The average Bonchev–Trinajstić information content (AvgIpc) is 2.83. The molecule has 0 saturated heterocycles. The normalized spacial score (nSPS) is 12.7. The number of ether oxygens (including phenoxy) is 3. The minimum absolute atomic E-state index is 0.122. The van der Waals surface area contributed by atoms with Gasteiger partial charge in [0.05, 0.1) is 10.9 Å². The van der Waals surface area contributed by atoms with Crippen LogP contribution < -0.4 is 19.6 Å². The molecule has 0 saturated carbocycles. The Bertz CT molecular complexity index is 1390. The lowest BCUT2D eigenvalue weighted by Crippen LogP contribution is -2.15. The van der Waals surface area contributed by atoms with E-state index in [4.69, 9.17) is 41.8 Å². The molecule has 0 spiro atoms. The molecule has 0 aliphatic carbocycles. The molecule has 5 rings (SSSR count). The molecule has 168 valence electrons. The summed E-state index contributed by atoms with van der Waals surface area (Å²) in [5.41, 5.74) is 3.08. The maximum Gasteiger partial charge on any atom is 0.200 e. The van der Waals surface area contributed by atoms with Crippen LogP contribution in [-0.2, 0) is 13.0 Å². The monoisotopic (exact) mass is 482 g/mol. The fourth-order valence-corrected chi connectivity index (χ4v) is 4.35. The van der Waals surface area contributed by atoms with E-state index in [1.54, 1.807) is 30.3 Å². The van der Waals surface area contributed by atoms with Crippen molar-refractivity contribution in [2.24, 2.45) is 0 Å². The summed E-state index contributed by atoms with van der Waals surface area (Å²) >= 11 is 12.5. The third-order valence-corrected chi connectivity index (χ3v) is 6.33. The van der Waals surface area contributed by atoms with Crippen molar-refractivity contribution in [1.82, 2.24) is 0 Å². The number of halogens is 2. The van der Waals surface area contributed by atoms with Gasteiger partial charge in [-0.3, -0.25) is 4.79 Å². The Morgan fingerprint density at radius 3 is 2.48 bits per heavy atom. The standard InChI is InChI=1S/C26H20Cl2O5/c1-2-15-10-17-24(12-23(15)32-14-19-20(27)4-3-5-21(19)28)33-13-18(26(17)29)16-6-7-22-25(11-16)31-9-8-30-22/h3-7,10-13H,2,8-9,14H2,1H3. The van der Waals surface area contributed by atoms with Gasteiger partial charge in [0.1, 0.15) is 37.4 Å². The summed E-state index contributed by atoms with van der Waals surface area (Å²) < 4.78 is 23.1. The molecule has 1 aliphatic rings. The smallest absolute Gasteiger partial charge is 0.200 e. The summed E-state index contributed by atoms with van der Waals surface area (Å²) in [6.07, 6.45) is 2.14. The van der Waals surface area contributed by atoms with Crippen molar-refractivity contribution in [2.75, 3.05) is 13.2 Å². The Labute approximate surface area is 200 Å². The predicted molar refractivity (Wildman–Crippen MR) is 129 cm³/mol. The Hall–Kier alpha value is -3.15. The summed E-state index contributed by atoms with van der Waals surface area (Å²) in [5.74, 6) is 1.91. The number of hydrogen-bond donors (Lipinski definition) is 0. The zero-order valence-corrected chi connectivity index (χ0v) is 19.3. The molecule has 1 aromatic heterocycles. The minimum atomic E-state index is -0.122. The number of benzene rings is 3. The molecule has 0 amide bonds. The predicted octanol–water partition coefficient (Wildman–Crippen LogP) is 6.68. The van der Waals surface area contributed by atoms with Crippen LogP contribution in [0.15, 0.2) is 64.0 Å². The minimum Gasteiger partial charge on any atom is -0.488 e. The summed E-state index contributed by atoms with van der Waals surface area (Å²) in [5, 5.41) is 1.57. The first-order chi connectivity index (χ1) is 16.0. The number of fused-ring (bicyclic) bond motifs is 2. The van der Waals surface area contributed by atoms with Gasteiger partial charge < -0.3 is 18.6 Å². The highest BCUT2D eigenvalue weighted by Gasteiger charge is 2.17. The number of rotatable bonds is 5. The van der Waals surface area contributed by atoms with Crippen molar-refractivity contribution in [1.29, 1.82) is 0 Å². The van der Waals surface area contributed by atoms with E-state index in [9.17, 15) is 4.79 Å². The van der Waals surface area contributed by atoms with Gasteiger partial charge in [0.25, 0.3) is 0 Å².